The zero-order valence-electron chi connectivity index (χ0n) is 7.60. The highest BCUT2D eigenvalue weighted by Gasteiger charge is 2.36. The second-order valence-electron chi connectivity index (χ2n) is 2.95. The minimum absolute atomic E-state index is 0.181. The van der Waals surface area contributed by atoms with Crippen molar-refractivity contribution in [2.24, 2.45) is 0 Å². The maximum Gasteiger partial charge on any atom is 0.331 e. The fourth-order valence-electron chi connectivity index (χ4n) is 1.22. The summed E-state index contributed by atoms with van der Waals surface area (Å²) >= 11 is 1.44. The van der Waals surface area contributed by atoms with E-state index in [-0.39, 0.29) is 6.54 Å². The van der Waals surface area contributed by atoms with Gasteiger partial charge in [0.2, 0.25) is 0 Å². The van der Waals surface area contributed by atoms with Gasteiger partial charge in [0.05, 0.1) is 11.2 Å². The standard InChI is InChI=1S/C8H7N3O3S/c12-6-7(13)11(8(14)10-6)2-1-5-3-15-4-9-5/h3-4H,1-2H2,(H,10,12,14). The fraction of sp³-hybridized carbons (Fsp3) is 0.250. The Kier molecular flexibility index (Phi) is 2.46. The SMILES string of the molecule is O=C1NC(=O)N(CCc2cscn2)C1=O. The Morgan fingerprint density at radius 1 is 1.40 bits per heavy atom. The number of hydrogen-bond donors (Lipinski definition) is 1. The smallest absolute Gasteiger partial charge is 0.269 e. The van der Waals surface area contributed by atoms with Gasteiger partial charge < -0.3 is 0 Å². The summed E-state index contributed by atoms with van der Waals surface area (Å²) in [7, 11) is 0. The van der Waals surface area contributed by atoms with Crippen LogP contribution in [0.1, 0.15) is 5.69 Å². The highest BCUT2D eigenvalue weighted by Crippen LogP contribution is 2.06. The van der Waals surface area contributed by atoms with Gasteiger partial charge in [-0.2, -0.15) is 0 Å². The lowest BCUT2D eigenvalue weighted by Gasteiger charge is -2.09. The molecule has 1 N–H and O–H groups in total. The van der Waals surface area contributed by atoms with E-state index >= 15 is 0 Å². The van der Waals surface area contributed by atoms with Crippen molar-refractivity contribution in [3.05, 3.63) is 16.6 Å². The fourth-order valence-corrected chi connectivity index (χ4v) is 1.82. The molecule has 0 unspecified atom stereocenters. The molecule has 0 aromatic carbocycles. The lowest BCUT2D eigenvalue weighted by Crippen LogP contribution is -2.32. The molecular formula is C8H7N3O3S. The van der Waals surface area contributed by atoms with Gasteiger partial charge in [-0.25, -0.2) is 9.78 Å². The molecule has 0 spiro atoms. The minimum atomic E-state index is -0.863. The number of carbonyl (C=O) groups excluding carboxylic acids is 3. The summed E-state index contributed by atoms with van der Waals surface area (Å²) in [5, 5.41) is 3.76. The third kappa shape index (κ3) is 1.86. The zero-order valence-corrected chi connectivity index (χ0v) is 8.41. The molecule has 1 aliphatic heterocycles. The van der Waals surface area contributed by atoms with Crippen molar-refractivity contribution in [1.29, 1.82) is 0 Å². The number of hydrogen-bond acceptors (Lipinski definition) is 5. The molecule has 0 radical (unpaired) electrons. The Morgan fingerprint density at radius 3 is 2.73 bits per heavy atom. The van der Waals surface area contributed by atoms with E-state index in [9.17, 15) is 14.4 Å². The van der Waals surface area contributed by atoms with E-state index in [0.29, 0.717) is 6.42 Å². The lowest BCUT2D eigenvalue weighted by atomic mass is 10.3. The number of thiazole rings is 1. The largest absolute Gasteiger partial charge is 0.331 e. The van der Waals surface area contributed by atoms with Gasteiger partial charge in [-0.05, 0) is 0 Å². The van der Waals surface area contributed by atoms with E-state index in [1.54, 1.807) is 5.51 Å². The summed E-state index contributed by atoms with van der Waals surface area (Å²) in [6.45, 7) is 0.181. The number of carbonyl (C=O) groups is 3. The molecule has 1 aliphatic rings. The van der Waals surface area contributed by atoms with Gasteiger partial charge in [0.25, 0.3) is 0 Å². The average molecular weight is 225 g/mol. The number of urea groups is 1. The molecule has 0 aliphatic carbocycles. The van der Waals surface area contributed by atoms with Crippen LogP contribution in [0.5, 0.6) is 0 Å². The molecule has 4 amide bonds. The first-order valence-corrected chi connectivity index (χ1v) is 5.16. The number of imide groups is 2. The summed E-state index contributed by atoms with van der Waals surface area (Å²) in [6.07, 6.45) is 0.468. The Balaban J connectivity index is 1.98. The number of rotatable bonds is 3. The van der Waals surface area contributed by atoms with Gasteiger partial charge >= 0.3 is 17.8 Å². The van der Waals surface area contributed by atoms with Crippen molar-refractivity contribution in [2.75, 3.05) is 6.54 Å². The van der Waals surface area contributed by atoms with Crippen molar-refractivity contribution in [2.45, 2.75) is 6.42 Å². The molecule has 2 rings (SSSR count). The molecule has 0 saturated carbocycles. The van der Waals surface area contributed by atoms with Crippen LogP contribution in [0.15, 0.2) is 10.9 Å². The average Bonchev–Trinajstić information content (AvgIpc) is 2.76. The van der Waals surface area contributed by atoms with Crippen LogP contribution in [0, 0.1) is 0 Å². The Morgan fingerprint density at radius 2 is 2.20 bits per heavy atom. The van der Waals surface area contributed by atoms with Gasteiger partial charge in [0.1, 0.15) is 0 Å². The van der Waals surface area contributed by atoms with E-state index in [4.69, 9.17) is 0 Å². The van der Waals surface area contributed by atoms with Gasteiger partial charge in [0.15, 0.2) is 0 Å². The number of aromatic nitrogens is 1. The third-order valence-corrected chi connectivity index (χ3v) is 2.62. The second-order valence-corrected chi connectivity index (χ2v) is 3.66. The van der Waals surface area contributed by atoms with Crippen LogP contribution in [0.25, 0.3) is 0 Å². The molecule has 1 aromatic heterocycles. The molecule has 78 valence electrons. The predicted octanol–water partition coefficient (Wildman–Crippen LogP) is -0.236. The first-order chi connectivity index (χ1) is 7.18. The lowest BCUT2D eigenvalue weighted by molar-refractivity contribution is -0.140. The van der Waals surface area contributed by atoms with Crippen LogP contribution in [-0.4, -0.2) is 34.3 Å². The first-order valence-electron chi connectivity index (χ1n) is 4.22. The summed E-state index contributed by atoms with van der Waals surface area (Å²) in [5.41, 5.74) is 2.48. The highest BCUT2D eigenvalue weighted by molar-refractivity contribution is 7.07. The van der Waals surface area contributed by atoms with E-state index in [1.165, 1.54) is 11.3 Å². The van der Waals surface area contributed by atoms with Crippen LogP contribution in [0.2, 0.25) is 0 Å². The van der Waals surface area contributed by atoms with Crippen molar-refractivity contribution < 1.29 is 14.4 Å². The van der Waals surface area contributed by atoms with Gasteiger partial charge in [-0.3, -0.25) is 19.8 Å². The second kappa shape index (κ2) is 3.77. The molecule has 0 bridgehead atoms. The molecule has 1 saturated heterocycles. The van der Waals surface area contributed by atoms with E-state index < -0.39 is 17.8 Å². The predicted molar refractivity (Wildman–Crippen MR) is 51.1 cm³/mol. The molecule has 7 heteroatoms. The normalized spacial score (nSPS) is 16.0. The maximum absolute atomic E-state index is 11.2. The minimum Gasteiger partial charge on any atom is -0.269 e. The Bertz CT molecular complexity index is 415. The van der Waals surface area contributed by atoms with E-state index in [0.717, 1.165) is 10.6 Å². The summed E-state index contributed by atoms with van der Waals surface area (Å²) in [5.74, 6) is -1.66. The van der Waals surface area contributed by atoms with Gasteiger partial charge in [-0.15, -0.1) is 11.3 Å². The van der Waals surface area contributed by atoms with Crippen LogP contribution >= 0.6 is 11.3 Å². The Labute approximate surface area is 88.9 Å². The van der Waals surface area contributed by atoms with Crippen molar-refractivity contribution in [1.82, 2.24) is 15.2 Å². The van der Waals surface area contributed by atoms with Gasteiger partial charge in [-0.1, -0.05) is 0 Å². The third-order valence-electron chi connectivity index (χ3n) is 1.98. The maximum atomic E-state index is 11.2. The zero-order chi connectivity index (χ0) is 10.8. The molecule has 15 heavy (non-hydrogen) atoms. The number of nitrogens with one attached hydrogen (secondary N) is 1. The highest BCUT2D eigenvalue weighted by atomic mass is 32.1. The first kappa shape index (κ1) is 9.78. The van der Waals surface area contributed by atoms with E-state index in [1.807, 2.05) is 10.7 Å². The topological polar surface area (TPSA) is 79.4 Å². The molecule has 0 atom stereocenters. The number of nitrogens with zero attached hydrogens (tertiary/aromatic N) is 2. The quantitative estimate of drug-likeness (QED) is 0.569. The summed E-state index contributed by atoms with van der Waals surface area (Å²) in [6, 6.07) is -0.653. The van der Waals surface area contributed by atoms with E-state index in [2.05, 4.69) is 4.98 Å². The summed E-state index contributed by atoms with van der Waals surface area (Å²) in [4.78, 5) is 38.0. The van der Waals surface area contributed by atoms with Crippen LogP contribution in [-0.2, 0) is 16.0 Å². The van der Waals surface area contributed by atoms with Crippen LogP contribution < -0.4 is 5.32 Å². The van der Waals surface area contributed by atoms with Gasteiger partial charge in [0, 0.05) is 18.3 Å². The summed E-state index contributed by atoms with van der Waals surface area (Å²) < 4.78 is 0. The molecule has 1 aromatic rings. The molecule has 2 heterocycles. The van der Waals surface area contributed by atoms with Crippen LogP contribution in [0.4, 0.5) is 4.79 Å². The monoisotopic (exact) mass is 225 g/mol. The van der Waals surface area contributed by atoms with Crippen LogP contribution in [0.3, 0.4) is 0 Å². The van der Waals surface area contributed by atoms with Crippen molar-refractivity contribution >= 4 is 29.2 Å². The number of amides is 4. The molecule has 6 nitrogen and oxygen atoms in total. The molecular weight excluding hydrogens is 218 g/mol. The van der Waals surface area contributed by atoms with Crippen molar-refractivity contribution in [3.8, 4) is 0 Å². The van der Waals surface area contributed by atoms with Crippen molar-refractivity contribution in [3.63, 3.8) is 0 Å². The molecule has 1 fully saturated rings. The Hall–Kier alpha value is -1.76.